The number of carbonyl (C=O) groups excluding carboxylic acids is 1. The van der Waals surface area contributed by atoms with Crippen LogP contribution in [0.5, 0.6) is 10.9 Å². The van der Waals surface area contributed by atoms with Crippen LogP contribution < -0.4 is 14.8 Å². The van der Waals surface area contributed by atoms with Crippen molar-refractivity contribution < 1.29 is 14.3 Å². The van der Waals surface area contributed by atoms with Crippen LogP contribution in [0.4, 0.5) is 5.13 Å². The van der Waals surface area contributed by atoms with E-state index in [9.17, 15) is 4.79 Å². The zero-order valence-electron chi connectivity index (χ0n) is 15.1. The third-order valence-electron chi connectivity index (χ3n) is 4.10. The van der Waals surface area contributed by atoms with Gasteiger partial charge in [0, 0.05) is 18.0 Å². The number of amides is 1. The molecule has 0 radical (unpaired) electrons. The maximum absolute atomic E-state index is 13.0. The van der Waals surface area contributed by atoms with Gasteiger partial charge in [0.2, 0.25) is 5.13 Å². The van der Waals surface area contributed by atoms with E-state index in [4.69, 9.17) is 21.1 Å². The first kappa shape index (κ1) is 18.6. The van der Waals surface area contributed by atoms with Crippen LogP contribution >= 0.6 is 22.9 Å². The van der Waals surface area contributed by atoms with Gasteiger partial charge in [-0.15, -0.1) is 5.10 Å². The molecule has 3 aromatic rings. The highest BCUT2D eigenvalue weighted by molar-refractivity contribution is 7.17. The van der Waals surface area contributed by atoms with Gasteiger partial charge in [0.05, 0.1) is 18.4 Å². The lowest BCUT2D eigenvalue weighted by Crippen LogP contribution is -2.16. The second kappa shape index (κ2) is 7.69. The molecule has 10 heteroatoms. The minimum Gasteiger partial charge on any atom is -0.494 e. The number of halogens is 1. The largest absolute Gasteiger partial charge is 0.494 e. The molecule has 4 rings (SSSR count). The van der Waals surface area contributed by atoms with E-state index in [-0.39, 0.29) is 16.8 Å². The number of hydrogen-bond donors (Lipinski definition) is 1. The first-order chi connectivity index (χ1) is 13.6. The topological polar surface area (TPSA) is 99.1 Å². The van der Waals surface area contributed by atoms with Gasteiger partial charge in [0.25, 0.3) is 11.1 Å². The molecule has 1 aliphatic carbocycles. The quantitative estimate of drug-likeness (QED) is 0.609. The van der Waals surface area contributed by atoms with Crippen LogP contribution in [0.25, 0.3) is 11.1 Å². The number of hydrogen-bond acceptors (Lipinski definition) is 8. The SMILES string of the molecule is COc1c(C)nc(Cl)c(C(=O)Nc2nnc(OC3CC3)s2)c1-c1ccncc1. The summed E-state index contributed by atoms with van der Waals surface area (Å²) in [5.41, 5.74) is 2.04. The van der Waals surface area contributed by atoms with E-state index >= 15 is 0 Å². The predicted octanol–water partition coefficient (Wildman–Crippen LogP) is 3.76. The molecule has 1 amide bonds. The van der Waals surface area contributed by atoms with Gasteiger partial charge in [-0.25, -0.2) is 4.98 Å². The van der Waals surface area contributed by atoms with E-state index in [1.165, 1.54) is 7.11 Å². The number of nitrogens with zero attached hydrogens (tertiary/aromatic N) is 4. The maximum Gasteiger partial charge on any atom is 0.296 e. The molecule has 1 aliphatic rings. The lowest BCUT2D eigenvalue weighted by Gasteiger charge is -2.16. The molecule has 144 valence electrons. The van der Waals surface area contributed by atoms with Crippen LogP contribution in [-0.4, -0.2) is 39.3 Å². The van der Waals surface area contributed by atoms with E-state index < -0.39 is 5.91 Å². The summed E-state index contributed by atoms with van der Waals surface area (Å²) in [6.07, 6.45) is 5.50. The number of nitrogens with one attached hydrogen (secondary N) is 1. The van der Waals surface area contributed by atoms with Gasteiger partial charge >= 0.3 is 0 Å². The number of methoxy groups -OCH3 is 1. The number of aryl methyl sites for hydroxylation is 1. The van der Waals surface area contributed by atoms with Crippen molar-refractivity contribution in [2.45, 2.75) is 25.9 Å². The Hall–Kier alpha value is -2.78. The molecule has 3 aromatic heterocycles. The summed E-state index contributed by atoms with van der Waals surface area (Å²) in [6.45, 7) is 1.77. The normalized spacial score (nSPS) is 13.2. The highest BCUT2D eigenvalue weighted by Crippen LogP contribution is 2.39. The molecule has 28 heavy (non-hydrogen) atoms. The molecule has 0 saturated heterocycles. The van der Waals surface area contributed by atoms with Crippen molar-refractivity contribution in [2.24, 2.45) is 0 Å². The molecule has 0 aliphatic heterocycles. The van der Waals surface area contributed by atoms with Crippen molar-refractivity contribution in [3.05, 3.63) is 40.9 Å². The molecule has 0 spiro atoms. The fourth-order valence-corrected chi connectivity index (χ4v) is 3.66. The average molecular weight is 418 g/mol. The highest BCUT2D eigenvalue weighted by atomic mass is 35.5. The molecule has 1 N–H and O–H groups in total. The fourth-order valence-electron chi connectivity index (χ4n) is 2.70. The minimum absolute atomic E-state index is 0.0709. The fraction of sp³-hybridized carbons (Fsp3) is 0.278. The summed E-state index contributed by atoms with van der Waals surface area (Å²) in [7, 11) is 1.52. The Morgan fingerprint density at radius 1 is 1.29 bits per heavy atom. The van der Waals surface area contributed by atoms with Gasteiger partial charge in [-0.2, -0.15) is 0 Å². The molecule has 0 bridgehead atoms. The molecule has 8 nitrogen and oxygen atoms in total. The Bertz CT molecular complexity index is 1020. The van der Waals surface area contributed by atoms with Gasteiger partial charge < -0.3 is 9.47 Å². The Kier molecular flexibility index (Phi) is 5.10. The Morgan fingerprint density at radius 3 is 2.71 bits per heavy atom. The van der Waals surface area contributed by atoms with Crippen molar-refractivity contribution in [3.8, 4) is 22.1 Å². The molecule has 1 saturated carbocycles. The zero-order chi connectivity index (χ0) is 19.7. The second-order valence-electron chi connectivity index (χ2n) is 6.15. The monoisotopic (exact) mass is 417 g/mol. The van der Waals surface area contributed by atoms with Crippen molar-refractivity contribution in [3.63, 3.8) is 0 Å². The third-order valence-corrected chi connectivity index (χ3v) is 5.10. The average Bonchev–Trinajstić information content (AvgIpc) is 3.39. The van der Waals surface area contributed by atoms with E-state index in [1.54, 1.807) is 31.5 Å². The van der Waals surface area contributed by atoms with Gasteiger partial charge in [0.1, 0.15) is 17.0 Å². The summed E-state index contributed by atoms with van der Waals surface area (Å²) < 4.78 is 11.1. The van der Waals surface area contributed by atoms with Gasteiger partial charge in [-0.05, 0) is 48.8 Å². The minimum atomic E-state index is -0.461. The smallest absolute Gasteiger partial charge is 0.296 e. The van der Waals surface area contributed by atoms with Crippen molar-refractivity contribution in [2.75, 3.05) is 12.4 Å². The third kappa shape index (κ3) is 3.76. The molecule has 0 aromatic carbocycles. The van der Waals surface area contributed by atoms with Crippen LogP contribution in [0.2, 0.25) is 5.15 Å². The number of ether oxygens (including phenoxy) is 2. The van der Waals surface area contributed by atoms with Gasteiger partial charge in [0.15, 0.2) is 0 Å². The number of rotatable bonds is 6. The summed E-state index contributed by atoms with van der Waals surface area (Å²) in [6, 6.07) is 3.55. The lowest BCUT2D eigenvalue weighted by molar-refractivity contribution is 0.102. The summed E-state index contributed by atoms with van der Waals surface area (Å²) >= 11 is 7.52. The molecule has 0 unspecified atom stereocenters. The predicted molar refractivity (Wildman–Crippen MR) is 105 cm³/mol. The van der Waals surface area contributed by atoms with E-state index in [2.05, 4.69) is 25.5 Å². The van der Waals surface area contributed by atoms with Crippen LogP contribution in [0.1, 0.15) is 28.9 Å². The summed E-state index contributed by atoms with van der Waals surface area (Å²) in [4.78, 5) is 21.3. The molecule has 0 atom stereocenters. The molecular weight excluding hydrogens is 402 g/mol. The number of carbonyl (C=O) groups is 1. The van der Waals surface area contributed by atoms with E-state index in [1.807, 2.05) is 0 Å². The van der Waals surface area contributed by atoms with Crippen LogP contribution in [0, 0.1) is 6.92 Å². The van der Waals surface area contributed by atoms with Crippen molar-refractivity contribution >= 4 is 34.0 Å². The van der Waals surface area contributed by atoms with E-state index in [0.29, 0.717) is 27.3 Å². The molecular formula is C18H16ClN5O3S. The Balaban J connectivity index is 1.71. The number of anilines is 1. The summed E-state index contributed by atoms with van der Waals surface area (Å²) in [5, 5.41) is 11.4. The standard InChI is InChI=1S/C18H16ClN5O3S/c1-9-14(26-2)12(10-5-7-20-8-6-10)13(15(19)21-9)16(25)22-17-23-24-18(28-17)27-11-3-4-11/h5-8,11H,3-4H2,1-2H3,(H,22,23,25). The highest BCUT2D eigenvalue weighted by Gasteiger charge is 2.27. The van der Waals surface area contributed by atoms with Crippen LogP contribution in [-0.2, 0) is 0 Å². The van der Waals surface area contributed by atoms with Crippen LogP contribution in [0.15, 0.2) is 24.5 Å². The molecule has 1 fully saturated rings. The Morgan fingerprint density at radius 2 is 2.04 bits per heavy atom. The maximum atomic E-state index is 13.0. The second-order valence-corrected chi connectivity index (χ2v) is 7.45. The van der Waals surface area contributed by atoms with Crippen LogP contribution in [0.3, 0.4) is 0 Å². The zero-order valence-corrected chi connectivity index (χ0v) is 16.7. The number of aromatic nitrogens is 4. The molecule has 3 heterocycles. The lowest BCUT2D eigenvalue weighted by atomic mass is 9.99. The number of pyridine rings is 2. The Labute approximate surface area is 169 Å². The first-order valence-electron chi connectivity index (χ1n) is 8.52. The summed E-state index contributed by atoms with van der Waals surface area (Å²) in [5.74, 6) is 0.00695. The van der Waals surface area contributed by atoms with Gasteiger partial charge in [-0.1, -0.05) is 16.7 Å². The van der Waals surface area contributed by atoms with E-state index in [0.717, 1.165) is 29.7 Å². The van der Waals surface area contributed by atoms with Crippen molar-refractivity contribution in [1.82, 2.24) is 20.2 Å². The van der Waals surface area contributed by atoms with Gasteiger partial charge in [-0.3, -0.25) is 15.1 Å². The first-order valence-corrected chi connectivity index (χ1v) is 9.72. The van der Waals surface area contributed by atoms with Crippen molar-refractivity contribution in [1.29, 1.82) is 0 Å².